The van der Waals surface area contributed by atoms with Crippen LogP contribution in [0.25, 0.3) is 0 Å². The van der Waals surface area contributed by atoms with Crippen LogP contribution in [0.2, 0.25) is 0 Å². The zero-order valence-corrected chi connectivity index (χ0v) is 16.6. The van der Waals surface area contributed by atoms with Crippen molar-refractivity contribution in [3.05, 3.63) is 0 Å². The molecule has 0 aromatic heterocycles. The predicted molar refractivity (Wildman–Crippen MR) is 103 cm³/mol. The molecule has 0 aromatic rings. The van der Waals surface area contributed by atoms with Crippen molar-refractivity contribution in [1.29, 1.82) is 0 Å². The lowest BCUT2D eigenvalue weighted by Crippen LogP contribution is -2.66. The lowest BCUT2D eigenvalue weighted by molar-refractivity contribution is -0.145. The van der Waals surface area contributed by atoms with Crippen LogP contribution in [-0.2, 0) is 9.47 Å². The van der Waals surface area contributed by atoms with Crippen LogP contribution in [0.4, 0.5) is 0 Å². The second-order valence-corrected chi connectivity index (χ2v) is 8.37. The third-order valence-electron chi connectivity index (χ3n) is 6.93. The summed E-state index contributed by atoms with van der Waals surface area (Å²) in [5.74, 6) is 0.874. The quantitative estimate of drug-likeness (QED) is 0.474. The molecule has 1 aliphatic heterocycles. The summed E-state index contributed by atoms with van der Waals surface area (Å²) < 4.78 is 11.7. The molecule has 150 valence electrons. The van der Waals surface area contributed by atoms with Crippen LogP contribution in [-0.4, -0.2) is 63.2 Å². The van der Waals surface area contributed by atoms with E-state index in [0.29, 0.717) is 12.1 Å². The summed E-state index contributed by atoms with van der Waals surface area (Å²) >= 11 is 0. The van der Waals surface area contributed by atoms with E-state index >= 15 is 0 Å². The molecule has 26 heavy (non-hydrogen) atoms. The smallest absolute Gasteiger partial charge is 0.191 e. The van der Waals surface area contributed by atoms with Gasteiger partial charge in [-0.05, 0) is 39.0 Å². The number of ether oxygens (including phenoxy) is 2. The second-order valence-electron chi connectivity index (χ2n) is 8.37. The Bertz CT molecular complexity index is 471. The van der Waals surface area contributed by atoms with Crippen molar-refractivity contribution in [2.24, 2.45) is 15.8 Å². The van der Waals surface area contributed by atoms with Crippen molar-refractivity contribution in [2.45, 2.75) is 70.4 Å². The van der Waals surface area contributed by atoms with Gasteiger partial charge < -0.3 is 25.2 Å². The maximum Gasteiger partial charge on any atom is 0.191 e. The summed E-state index contributed by atoms with van der Waals surface area (Å²) in [6.45, 7) is 5.41. The van der Waals surface area contributed by atoms with Crippen LogP contribution in [0.5, 0.6) is 0 Å². The Balaban J connectivity index is 1.57. The summed E-state index contributed by atoms with van der Waals surface area (Å²) in [4.78, 5) is 4.46. The molecule has 1 spiro atoms. The summed E-state index contributed by atoms with van der Waals surface area (Å²) in [7, 11) is 1.84. The van der Waals surface area contributed by atoms with Crippen LogP contribution < -0.4 is 10.6 Å². The van der Waals surface area contributed by atoms with E-state index in [0.717, 1.165) is 51.6 Å². The number of aliphatic imine (C=N–C) groups is 1. The first-order chi connectivity index (χ1) is 12.7. The minimum atomic E-state index is 0.0301. The molecule has 3 fully saturated rings. The molecule has 2 saturated carbocycles. The van der Waals surface area contributed by atoms with E-state index in [4.69, 9.17) is 9.47 Å². The van der Waals surface area contributed by atoms with Crippen molar-refractivity contribution in [3.63, 3.8) is 0 Å². The molecule has 0 aromatic carbocycles. The standard InChI is InChI=1S/C20H37N3O3/c1-3-26-17-13-16(20(17)7-5-4-6-8-20)23-18(21-2)22-14-19(9-11-24)10-12-25-15-19/h16-17,24H,3-15H2,1-2H3,(H2,21,22,23). The molecule has 3 N–H and O–H groups in total. The van der Waals surface area contributed by atoms with Gasteiger partial charge >= 0.3 is 0 Å². The van der Waals surface area contributed by atoms with E-state index in [-0.39, 0.29) is 17.4 Å². The average molecular weight is 368 g/mol. The van der Waals surface area contributed by atoms with Crippen molar-refractivity contribution in [2.75, 3.05) is 40.0 Å². The van der Waals surface area contributed by atoms with Crippen LogP contribution in [0.1, 0.15) is 58.3 Å². The van der Waals surface area contributed by atoms with Gasteiger partial charge in [-0.15, -0.1) is 0 Å². The Labute approximate surface area is 158 Å². The van der Waals surface area contributed by atoms with Crippen molar-refractivity contribution in [3.8, 4) is 0 Å². The van der Waals surface area contributed by atoms with E-state index in [1.54, 1.807) is 0 Å². The number of nitrogens with zero attached hydrogens (tertiary/aromatic N) is 1. The molecule has 6 nitrogen and oxygen atoms in total. The molecule has 1 saturated heterocycles. The lowest BCUT2D eigenvalue weighted by Gasteiger charge is -2.58. The third kappa shape index (κ3) is 4.02. The number of guanidine groups is 1. The number of hydrogen-bond acceptors (Lipinski definition) is 4. The fourth-order valence-corrected chi connectivity index (χ4v) is 5.21. The number of rotatable bonds is 7. The van der Waals surface area contributed by atoms with E-state index in [9.17, 15) is 5.11 Å². The molecular formula is C20H37N3O3. The van der Waals surface area contributed by atoms with Crippen molar-refractivity contribution in [1.82, 2.24) is 10.6 Å². The Morgan fingerprint density at radius 3 is 2.69 bits per heavy atom. The van der Waals surface area contributed by atoms with E-state index in [1.807, 2.05) is 7.05 Å². The van der Waals surface area contributed by atoms with Crippen LogP contribution in [0.15, 0.2) is 4.99 Å². The maximum absolute atomic E-state index is 9.41. The monoisotopic (exact) mass is 367 g/mol. The van der Waals surface area contributed by atoms with Gasteiger partial charge in [-0.25, -0.2) is 0 Å². The first-order valence-electron chi connectivity index (χ1n) is 10.5. The fraction of sp³-hybridized carbons (Fsp3) is 0.950. The topological polar surface area (TPSA) is 75.1 Å². The first kappa shape index (κ1) is 19.9. The van der Waals surface area contributed by atoms with E-state index in [1.165, 1.54) is 32.1 Å². The van der Waals surface area contributed by atoms with Gasteiger partial charge in [0.05, 0.1) is 12.7 Å². The summed E-state index contributed by atoms with van der Waals surface area (Å²) in [5.41, 5.74) is 0.313. The van der Waals surface area contributed by atoms with Gasteiger partial charge in [0, 0.05) is 50.3 Å². The van der Waals surface area contributed by atoms with Gasteiger partial charge in [0.1, 0.15) is 0 Å². The second kappa shape index (κ2) is 8.89. The summed E-state index contributed by atoms with van der Waals surface area (Å²) in [6.07, 6.45) is 9.73. The Kier molecular flexibility index (Phi) is 6.81. The zero-order valence-electron chi connectivity index (χ0n) is 16.6. The molecule has 3 aliphatic rings. The molecule has 0 radical (unpaired) electrons. The predicted octanol–water partition coefficient (Wildman–Crippen LogP) is 2.07. The highest BCUT2D eigenvalue weighted by Gasteiger charge is 2.55. The lowest BCUT2D eigenvalue weighted by atomic mass is 9.55. The molecule has 3 rings (SSSR count). The summed E-state index contributed by atoms with van der Waals surface area (Å²) in [5, 5.41) is 16.6. The minimum absolute atomic E-state index is 0.0301. The Morgan fingerprint density at radius 2 is 2.08 bits per heavy atom. The number of hydrogen-bond donors (Lipinski definition) is 3. The van der Waals surface area contributed by atoms with Crippen LogP contribution in [0, 0.1) is 10.8 Å². The van der Waals surface area contributed by atoms with Crippen molar-refractivity contribution < 1.29 is 14.6 Å². The fourth-order valence-electron chi connectivity index (χ4n) is 5.21. The highest BCUT2D eigenvalue weighted by Crippen LogP contribution is 2.53. The minimum Gasteiger partial charge on any atom is -0.396 e. The molecule has 3 unspecified atom stereocenters. The van der Waals surface area contributed by atoms with Crippen LogP contribution >= 0.6 is 0 Å². The molecule has 6 heteroatoms. The SMILES string of the molecule is CCOC1CC(NC(=NC)NCC2(CCO)CCOC2)C12CCCCC2. The van der Waals surface area contributed by atoms with Gasteiger partial charge in [0.15, 0.2) is 5.96 Å². The number of aliphatic hydroxyl groups excluding tert-OH is 1. The highest BCUT2D eigenvalue weighted by atomic mass is 16.5. The molecule has 3 atom stereocenters. The molecular weight excluding hydrogens is 330 g/mol. The maximum atomic E-state index is 9.41. The van der Waals surface area contributed by atoms with Gasteiger partial charge in [-0.1, -0.05) is 19.3 Å². The Morgan fingerprint density at radius 1 is 1.27 bits per heavy atom. The molecule has 0 bridgehead atoms. The largest absolute Gasteiger partial charge is 0.396 e. The molecule has 2 aliphatic carbocycles. The van der Waals surface area contributed by atoms with Crippen LogP contribution in [0.3, 0.4) is 0 Å². The van der Waals surface area contributed by atoms with Gasteiger partial charge in [-0.2, -0.15) is 0 Å². The Hall–Kier alpha value is -0.850. The van der Waals surface area contributed by atoms with Gasteiger partial charge in [0.25, 0.3) is 0 Å². The number of nitrogens with one attached hydrogen (secondary N) is 2. The highest BCUT2D eigenvalue weighted by molar-refractivity contribution is 5.80. The summed E-state index contributed by atoms with van der Waals surface area (Å²) in [6, 6.07) is 0.444. The van der Waals surface area contributed by atoms with E-state index in [2.05, 4.69) is 22.5 Å². The van der Waals surface area contributed by atoms with Gasteiger partial charge in [-0.3, -0.25) is 4.99 Å². The number of aliphatic hydroxyl groups is 1. The average Bonchev–Trinajstić information content (AvgIpc) is 3.13. The van der Waals surface area contributed by atoms with E-state index < -0.39 is 0 Å². The zero-order chi connectivity index (χ0) is 18.5. The molecule has 0 amide bonds. The normalized spacial score (nSPS) is 33.9. The van der Waals surface area contributed by atoms with Gasteiger partial charge in [0.2, 0.25) is 0 Å². The van der Waals surface area contributed by atoms with Crippen molar-refractivity contribution >= 4 is 5.96 Å². The third-order valence-corrected chi connectivity index (χ3v) is 6.93. The molecule has 1 heterocycles. The first-order valence-corrected chi connectivity index (χ1v) is 10.5.